The summed E-state index contributed by atoms with van der Waals surface area (Å²) < 4.78 is 6.26. The van der Waals surface area contributed by atoms with Crippen molar-refractivity contribution in [2.24, 2.45) is 0 Å². The van der Waals surface area contributed by atoms with Crippen molar-refractivity contribution in [3.05, 3.63) is 99.0 Å². The molecule has 176 valence electrons. The maximum Gasteiger partial charge on any atom is 0.305 e. The Morgan fingerprint density at radius 3 is 2.47 bits per heavy atom. The van der Waals surface area contributed by atoms with Gasteiger partial charge in [0.05, 0.1) is 6.42 Å². The summed E-state index contributed by atoms with van der Waals surface area (Å²) >= 11 is 12.1. The first-order valence-electron chi connectivity index (χ1n) is 11.0. The third kappa shape index (κ3) is 5.91. The molecule has 0 bridgehead atoms. The number of carboxylic acids is 1. The fourth-order valence-corrected chi connectivity index (χ4v) is 4.65. The minimum Gasteiger partial charge on any atom is -0.487 e. The van der Waals surface area contributed by atoms with Crippen molar-refractivity contribution in [3.63, 3.8) is 0 Å². The molecule has 0 saturated heterocycles. The first-order chi connectivity index (χ1) is 16.2. The summed E-state index contributed by atoms with van der Waals surface area (Å²) in [4.78, 5) is 26.1. The Bertz CT molecular complexity index is 1210. The molecule has 0 spiro atoms. The fraction of sp³-hybridized carbons (Fsp3) is 0.259. The fourth-order valence-electron chi connectivity index (χ4n) is 4.31. The number of halogens is 2. The highest BCUT2D eigenvalue weighted by molar-refractivity contribution is 6.30. The molecule has 1 heterocycles. The number of carboxylic acid groups (broad SMARTS) is 1. The monoisotopic (exact) mass is 497 g/mol. The van der Waals surface area contributed by atoms with Crippen LogP contribution in [0.3, 0.4) is 0 Å². The van der Waals surface area contributed by atoms with Gasteiger partial charge in [0, 0.05) is 41.5 Å². The average Bonchev–Trinajstić information content (AvgIpc) is 3.12. The van der Waals surface area contributed by atoms with Gasteiger partial charge in [0.2, 0.25) is 0 Å². The summed E-state index contributed by atoms with van der Waals surface area (Å²) in [5, 5.41) is 10.4. The standard InChI is InChI=1S/C27H25Cl2NO4/c1-27(15-18-5-8-22(28)9-6-18)16-21-14-20(7-10-24(21)34-27)26(33)30(12-11-25(31)32)17-19-3-2-4-23(29)13-19/h2-10,13-14H,11-12,15-17H2,1H3,(H,31,32)/t27-/m0/s1. The van der Waals surface area contributed by atoms with E-state index in [2.05, 4.69) is 6.92 Å². The second-order valence-electron chi connectivity index (χ2n) is 8.85. The van der Waals surface area contributed by atoms with Crippen molar-refractivity contribution >= 4 is 35.1 Å². The molecule has 1 aliphatic rings. The van der Waals surface area contributed by atoms with Gasteiger partial charge in [-0.3, -0.25) is 9.59 Å². The largest absolute Gasteiger partial charge is 0.487 e. The van der Waals surface area contributed by atoms with E-state index in [0.717, 1.165) is 22.4 Å². The summed E-state index contributed by atoms with van der Waals surface area (Å²) in [6, 6.07) is 20.3. The van der Waals surface area contributed by atoms with Crippen LogP contribution in [0, 0.1) is 0 Å². The zero-order valence-corrected chi connectivity index (χ0v) is 20.3. The van der Waals surface area contributed by atoms with Gasteiger partial charge in [-0.15, -0.1) is 0 Å². The first-order valence-corrected chi connectivity index (χ1v) is 11.8. The predicted octanol–water partition coefficient (Wildman–Crippen LogP) is 6.05. The number of nitrogens with zero attached hydrogens (tertiary/aromatic N) is 1. The second kappa shape index (κ2) is 10.1. The summed E-state index contributed by atoms with van der Waals surface area (Å²) in [5.74, 6) is -0.417. The Kier molecular flexibility index (Phi) is 7.15. The molecule has 1 amide bonds. The first kappa shape index (κ1) is 24.1. The van der Waals surface area contributed by atoms with E-state index in [1.165, 1.54) is 0 Å². The van der Waals surface area contributed by atoms with E-state index in [-0.39, 0.29) is 25.4 Å². The van der Waals surface area contributed by atoms with Crippen LogP contribution in [0.2, 0.25) is 10.0 Å². The molecule has 1 aliphatic heterocycles. The Morgan fingerprint density at radius 1 is 1.00 bits per heavy atom. The van der Waals surface area contributed by atoms with Crippen molar-refractivity contribution in [2.45, 2.75) is 38.3 Å². The predicted molar refractivity (Wildman–Crippen MR) is 133 cm³/mol. The number of carbonyl (C=O) groups is 2. The Hall–Kier alpha value is -3.02. The minimum absolute atomic E-state index is 0.0997. The molecule has 3 aromatic carbocycles. The third-order valence-corrected chi connectivity index (χ3v) is 6.35. The average molecular weight is 498 g/mol. The number of benzene rings is 3. The number of hydrogen-bond acceptors (Lipinski definition) is 3. The van der Waals surface area contributed by atoms with E-state index in [9.17, 15) is 9.59 Å². The highest BCUT2D eigenvalue weighted by Crippen LogP contribution is 2.38. The molecular weight excluding hydrogens is 473 g/mol. The van der Waals surface area contributed by atoms with Crippen LogP contribution in [0.4, 0.5) is 0 Å². The molecule has 5 nitrogen and oxygen atoms in total. The molecule has 0 aliphatic carbocycles. The number of aliphatic carboxylic acids is 1. The van der Waals surface area contributed by atoms with E-state index < -0.39 is 11.6 Å². The number of amides is 1. The number of fused-ring (bicyclic) bond motifs is 1. The Labute approximate surface area is 208 Å². The Balaban J connectivity index is 1.52. The van der Waals surface area contributed by atoms with Crippen molar-refractivity contribution in [1.82, 2.24) is 4.90 Å². The van der Waals surface area contributed by atoms with Crippen molar-refractivity contribution in [1.29, 1.82) is 0 Å². The van der Waals surface area contributed by atoms with Gasteiger partial charge >= 0.3 is 5.97 Å². The lowest BCUT2D eigenvalue weighted by Crippen LogP contribution is -2.33. The van der Waals surface area contributed by atoms with Crippen LogP contribution in [-0.2, 0) is 24.2 Å². The van der Waals surface area contributed by atoms with Gasteiger partial charge in [0.1, 0.15) is 11.4 Å². The van der Waals surface area contributed by atoms with Crippen LogP contribution in [-0.4, -0.2) is 34.0 Å². The van der Waals surface area contributed by atoms with Gasteiger partial charge in [-0.05, 0) is 66.1 Å². The van der Waals surface area contributed by atoms with Gasteiger partial charge in [-0.1, -0.05) is 47.5 Å². The highest BCUT2D eigenvalue weighted by atomic mass is 35.5. The quantitative estimate of drug-likeness (QED) is 0.411. The maximum atomic E-state index is 13.4. The molecule has 0 aromatic heterocycles. The van der Waals surface area contributed by atoms with Gasteiger partial charge in [0.25, 0.3) is 5.91 Å². The molecule has 0 fully saturated rings. The van der Waals surface area contributed by atoms with E-state index in [4.69, 9.17) is 33.0 Å². The van der Waals surface area contributed by atoms with Crippen LogP contribution in [0.5, 0.6) is 5.75 Å². The van der Waals surface area contributed by atoms with Crippen molar-refractivity contribution in [2.75, 3.05) is 6.54 Å². The summed E-state index contributed by atoms with van der Waals surface area (Å²) in [5.41, 5.74) is 3.00. The van der Waals surface area contributed by atoms with Crippen LogP contribution in [0.25, 0.3) is 0 Å². The molecule has 1 N–H and O–H groups in total. The maximum absolute atomic E-state index is 13.4. The van der Waals surface area contributed by atoms with E-state index in [1.807, 2.05) is 48.5 Å². The van der Waals surface area contributed by atoms with Crippen molar-refractivity contribution in [3.8, 4) is 5.75 Å². The lowest BCUT2D eigenvalue weighted by Gasteiger charge is -2.24. The topological polar surface area (TPSA) is 66.8 Å². The number of carbonyl (C=O) groups excluding carboxylic acids is 1. The van der Waals surface area contributed by atoms with E-state index in [1.54, 1.807) is 23.1 Å². The van der Waals surface area contributed by atoms with Gasteiger partial charge in [-0.25, -0.2) is 0 Å². The minimum atomic E-state index is -0.954. The number of hydrogen-bond donors (Lipinski definition) is 1. The molecule has 0 unspecified atom stereocenters. The zero-order chi connectivity index (χ0) is 24.3. The van der Waals surface area contributed by atoms with Gasteiger partial charge in [-0.2, -0.15) is 0 Å². The van der Waals surface area contributed by atoms with Crippen molar-refractivity contribution < 1.29 is 19.4 Å². The molecule has 0 saturated carbocycles. The zero-order valence-electron chi connectivity index (χ0n) is 18.8. The third-order valence-electron chi connectivity index (χ3n) is 5.86. The molecule has 0 radical (unpaired) electrons. The van der Waals surface area contributed by atoms with E-state index >= 15 is 0 Å². The molecule has 7 heteroatoms. The van der Waals surface area contributed by atoms with E-state index in [0.29, 0.717) is 28.5 Å². The molecular formula is C27H25Cl2NO4. The van der Waals surface area contributed by atoms with Crippen LogP contribution in [0.15, 0.2) is 66.7 Å². The molecule has 3 aromatic rings. The summed E-state index contributed by atoms with van der Waals surface area (Å²) in [6.07, 6.45) is 1.23. The lowest BCUT2D eigenvalue weighted by molar-refractivity contribution is -0.137. The van der Waals surface area contributed by atoms with Gasteiger partial charge in [0.15, 0.2) is 0 Å². The molecule has 34 heavy (non-hydrogen) atoms. The highest BCUT2D eigenvalue weighted by Gasteiger charge is 2.35. The van der Waals surface area contributed by atoms with Crippen LogP contribution < -0.4 is 4.74 Å². The molecule has 1 atom stereocenters. The summed E-state index contributed by atoms with van der Waals surface area (Å²) in [7, 11) is 0. The lowest BCUT2D eigenvalue weighted by atomic mass is 9.91. The Morgan fingerprint density at radius 2 is 1.76 bits per heavy atom. The van der Waals surface area contributed by atoms with Crippen LogP contribution >= 0.6 is 23.2 Å². The number of rotatable bonds is 8. The van der Waals surface area contributed by atoms with Gasteiger partial charge < -0.3 is 14.7 Å². The SMILES string of the molecule is C[C@]1(Cc2ccc(Cl)cc2)Cc2cc(C(=O)N(CCC(=O)O)Cc3cccc(Cl)c3)ccc2O1. The summed E-state index contributed by atoms with van der Waals surface area (Å²) in [6.45, 7) is 2.43. The smallest absolute Gasteiger partial charge is 0.305 e. The van der Waals surface area contributed by atoms with Crippen LogP contribution in [0.1, 0.15) is 40.4 Å². The number of ether oxygens (including phenoxy) is 1. The normalized spacial score (nSPS) is 16.6. The second-order valence-corrected chi connectivity index (χ2v) is 9.73. The molecule has 4 rings (SSSR count).